The molecule has 0 saturated carbocycles. The van der Waals surface area contributed by atoms with Crippen molar-refractivity contribution in [3.05, 3.63) is 88.2 Å². The Morgan fingerprint density at radius 2 is 1.79 bits per heavy atom. The molecule has 1 amide bonds. The van der Waals surface area contributed by atoms with Crippen LogP contribution < -0.4 is 5.32 Å². The largest absolute Gasteiger partial charge is 0.323 e. The molecule has 3 rings (SSSR count). The van der Waals surface area contributed by atoms with Gasteiger partial charge in [-0.1, -0.05) is 38.1 Å². The van der Waals surface area contributed by atoms with E-state index in [4.69, 9.17) is 0 Å². The molecule has 146 valence electrons. The molecular weight excluding hydrogens is 368 g/mol. The van der Waals surface area contributed by atoms with Gasteiger partial charge in [-0.2, -0.15) is 0 Å². The topological polar surface area (TPSA) is 98.0 Å². The molecule has 29 heavy (non-hydrogen) atoms. The number of hydrogen-bond acceptors (Lipinski definition) is 5. The maximum Gasteiger partial charge on any atom is 0.270 e. The fourth-order valence-electron chi connectivity index (χ4n) is 2.64. The van der Waals surface area contributed by atoms with Gasteiger partial charge in [0.1, 0.15) is 0 Å². The Morgan fingerprint density at radius 3 is 2.41 bits per heavy atom. The van der Waals surface area contributed by atoms with Crippen LogP contribution in [0.3, 0.4) is 0 Å². The van der Waals surface area contributed by atoms with Crippen molar-refractivity contribution in [2.45, 2.75) is 19.8 Å². The van der Waals surface area contributed by atoms with Crippen LogP contribution in [0.5, 0.6) is 0 Å². The number of rotatable bonds is 6. The SMILES string of the molecule is CC(C)c1ccc(NC(=O)/C=C/c2cnc(-c3cccc([N+](=O)[O-])c3)nc2)cc1. The van der Waals surface area contributed by atoms with E-state index in [2.05, 4.69) is 29.1 Å². The summed E-state index contributed by atoms with van der Waals surface area (Å²) in [4.78, 5) is 31.0. The molecule has 2 aromatic carbocycles. The van der Waals surface area contributed by atoms with Gasteiger partial charge >= 0.3 is 0 Å². The number of carbonyl (C=O) groups excluding carboxylic acids is 1. The van der Waals surface area contributed by atoms with Crippen LogP contribution in [0.25, 0.3) is 17.5 Å². The summed E-state index contributed by atoms with van der Waals surface area (Å²) in [5.74, 6) is 0.551. The molecule has 1 heterocycles. The minimum absolute atomic E-state index is 0.0202. The smallest absolute Gasteiger partial charge is 0.270 e. The van der Waals surface area contributed by atoms with E-state index in [1.807, 2.05) is 24.3 Å². The number of nitrogens with one attached hydrogen (secondary N) is 1. The van der Waals surface area contributed by atoms with Gasteiger partial charge in [0, 0.05) is 47.4 Å². The van der Waals surface area contributed by atoms with Gasteiger partial charge in [0.25, 0.3) is 5.69 Å². The standard InChI is InChI=1S/C22H20N4O3/c1-15(2)17-7-9-19(10-8-17)25-21(27)11-6-16-13-23-22(24-14-16)18-4-3-5-20(12-18)26(28)29/h3-15H,1-2H3,(H,25,27)/b11-6+. The van der Waals surface area contributed by atoms with Gasteiger partial charge < -0.3 is 5.32 Å². The fraction of sp³-hybridized carbons (Fsp3) is 0.136. The molecule has 1 aromatic heterocycles. The predicted octanol–water partition coefficient (Wildman–Crippen LogP) is 4.83. The minimum Gasteiger partial charge on any atom is -0.323 e. The number of non-ortho nitro benzene ring substituents is 1. The zero-order chi connectivity index (χ0) is 20.8. The van der Waals surface area contributed by atoms with Crippen molar-refractivity contribution in [3.8, 4) is 11.4 Å². The van der Waals surface area contributed by atoms with Crippen LogP contribution in [-0.2, 0) is 4.79 Å². The van der Waals surface area contributed by atoms with Crippen molar-refractivity contribution in [1.82, 2.24) is 9.97 Å². The molecule has 3 aromatic rings. The molecule has 0 radical (unpaired) electrons. The van der Waals surface area contributed by atoms with Crippen LogP contribution in [0, 0.1) is 10.1 Å². The number of amides is 1. The molecule has 7 nitrogen and oxygen atoms in total. The Labute approximate surface area is 168 Å². The number of aromatic nitrogens is 2. The van der Waals surface area contributed by atoms with E-state index < -0.39 is 4.92 Å². The van der Waals surface area contributed by atoms with Crippen molar-refractivity contribution in [2.75, 3.05) is 5.32 Å². The highest BCUT2D eigenvalue weighted by molar-refractivity contribution is 6.01. The first-order valence-electron chi connectivity index (χ1n) is 9.08. The molecule has 0 aliphatic rings. The number of carbonyl (C=O) groups is 1. The lowest BCUT2D eigenvalue weighted by Gasteiger charge is -2.07. The Hall–Kier alpha value is -3.87. The molecule has 1 N–H and O–H groups in total. The summed E-state index contributed by atoms with van der Waals surface area (Å²) in [5.41, 5.74) is 3.11. The van der Waals surface area contributed by atoms with Gasteiger partial charge in [-0.15, -0.1) is 0 Å². The Balaban J connectivity index is 1.64. The summed E-state index contributed by atoms with van der Waals surface area (Å²) < 4.78 is 0. The van der Waals surface area contributed by atoms with Crippen LogP contribution in [0.1, 0.15) is 30.9 Å². The molecule has 0 atom stereocenters. The van der Waals surface area contributed by atoms with E-state index in [1.54, 1.807) is 30.6 Å². The van der Waals surface area contributed by atoms with Crippen molar-refractivity contribution in [3.63, 3.8) is 0 Å². The normalized spacial score (nSPS) is 11.0. The number of nitrogens with zero attached hydrogens (tertiary/aromatic N) is 3. The average Bonchev–Trinajstić information content (AvgIpc) is 2.73. The van der Waals surface area contributed by atoms with Crippen LogP contribution in [0.2, 0.25) is 0 Å². The zero-order valence-electron chi connectivity index (χ0n) is 16.1. The first kappa shape index (κ1) is 19.9. The molecule has 0 bridgehead atoms. The minimum atomic E-state index is -0.463. The quantitative estimate of drug-likeness (QED) is 0.371. The summed E-state index contributed by atoms with van der Waals surface area (Å²) in [6, 6.07) is 13.8. The number of nitro benzene ring substituents is 1. The second kappa shape index (κ2) is 8.88. The van der Waals surface area contributed by atoms with Gasteiger partial charge in [-0.25, -0.2) is 9.97 Å². The van der Waals surface area contributed by atoms with E-state index in [9.17, 15) is 14.9 Å². The highest BCUT2D eigenvalue weighted by atomic mass is 16.6. The monoisotopic (exact) mass is 388 g/mol. The number of benzene rings is 2. The first-order chi connectivity index (χ1) is 13.9. The van der Waals surface area contributed by atoms with Crippen molar-refractivity contribution < 1.29 is 9.72 Å². The zero-order valence-corrected chi connectivity index (χ0v) is 16.1. The molecule has 0 aliphatic heterocycles. The van der Waals surface area contributed by atoms with Gasteiger partial charge in [0.15, 0.2) is 5.82 Å². The molecule has 7 heteroatoms. The third-order valence-corrected chi connectivity index (χ3v) is 4.26. The maximum absolute atomic E-state index is 12.1. The van der Waals surface area contributed by atoms with Gasteiger partial charge in [-0.3, -0.25) is 14.9 Å². The second-order valence-electron chi connectivity index (χ2n) is 6.75. The van der Waals surface area contributed by atoms with E-state index >= 15 is 0 Å². The average molecular weight is 388 g/mol. The fourth-order valence-corrected chi connectivity index (χ4v) is 2.64. The molecule has 0 spiro atoms. The number of nitro groups is 1. The molecule has 0 unspecified atom stereocenters. The third-order valence-electron chi connectivity index (χ3n) is 4.26. The van der Waals surface area contributed by atoms with Crippen LogP contribution in [0.15, 0.2) is 67.0 Å². The summed E-state index contributed by atoms with van der Waals surface area (Å²) in [6.45, 7) is 4.23. The third kappa shape index (κ3) is 5.32. The summed E-state index contributed by atoms with van der Waals surface area (Å²) in [7, 11) is 0. The molecule has 0 saturated heterocycles. The summed E-state index contributed by atoms with van der Waals surface area (Å²) in [6.07, 6.45) is 6.13. The molecule has 0 aliphatic carbocycles. The van der Waals surface area contributed by atoms with Crippen molar-refractivity contribution in [1.29, 1.82) is 0 Å². The van der Waals surface area contributed by atoms with Crippen LogP contribution in [-0.4, -0.2) is 20.8 Å². The van der Waals surface area contributed by atoms with E-state index in [0.717, 1.165) is 5.69 Å². The molecule has 0 fully saturated rings. The van der Waals surface area contributed by atoms with E-state index in [0.29, 0.717) is 22.9 Å². The summed E-state index contributed by atoms with van der Waals surface area (Å²) in [5, 5.41) is 13.7. The summed E-state index contributed by atoms with van der Waals surface area (Å²) >= 11 is 0. The highest BCUT2D eigenvalue weighted by Crippen LogP contribution is 2.21. The van der Waals surface area contributed by atoms with Crippen molar-refractivity contribution in [2.24, 2.45) is 0 Å². The second-order valence-corrected chi connectivity index (χ2v) is 6.75. The lowest BCUT2D eigenvalue weighted by atomic mass is 10.0. The van der Waals surface area contributed by atoms with Crippen LogP contribution in [0.4, 0.5) is 11.4 Å². The van der Waals surface area contributed by atoms with Gasteiger partial charge in [-0.05, 0) is 29.7 Å². The predicted molar refractivity (Wildman–Crippen MR) is 112 cm³/mol. The Bertz CT molecular complexity index is 1040. The van der Waals surface area contributed by atoms with Crippen molar-refractivity contribution >= 4 is 23.4 Å². The van der Waals surface area contributed by atoms with Gasteiger partial charge in [0.05, 0.1) is 4.92 Å². The lowest BCUT2D eigenvalue weighted by Crippen LogP contribution is -2.07. The van der Waals surface area contributed by atoms with E-state index in [-0.39, 0.29) is 11.6 Å². The number of anilines is 1. The highest BCUT2D eigenvalue weighted by Gasteiger charge is 2.08. The van der Waals surface area contributed by atoms with Gasteiger partial charge in [0.2, 0.25) is 5.91 Å². The number of hydrogen-bond donors (Lipinski definition) is 1. The first-order valence-corrected chi connectivity index (χ1v) is 9.08. The Morgan fingerprint density at radius 1 is 1.10 bits per heavy atom. The molecular formula is C22H20N4O3. The lowest BCUT2D eigenvalue weighted by molar-refractivity contribution is -0.384. The Kier molecular flexibility index (Phi) is 6.09. The van der Waals surface area contributed by atoms with E-state index in [1.165, 1.54) is 23.8 Å². The maximum atomic E-state index is 12.1. The van der Waals surface area contributed by atoms with Crippen LogP contribution >= 0.6 is 0 Å².